The molecule has 4 rings (SSSR count). The molecule has 3 aromatic carbocycles. The van der Waals surface area contributed by atoms with E-state index in [-0.39, 0.29) is 13.2 Å². The first-order chi connectivity index (χ1) is 13.8. The second-order valence-corrected chi connectivity index (χ2v) is 6.90. The van der Waals surface area contributed by atoms with Crippen LogP contribution >= 0.6 is 0 Å². The first-order valence-electron chi connectivity index (χ1n) is 9.60. The van der Waals surface area contributed by atoms with Gasteiger partial charge in [0, 0.05) is 18.4 Å². The molecule has 0 spiro atoms. The molecule has 0 aliphatic carbocycles. The summed E-state index contributed by atoms with van der Waals surface area (Å²) in [7, 11) is 0. The second-order valence-electron chi connectivity index (χ2n) is 6.90. The average molecular weight is 376 g/mol. The number of imidazole rings is 1. The molecular formula is C23H24N2O3. The van der Waals surface area contributed by atoms with Crippen molar-refractivity contribution in [2.75, 3.05) is 13.2 Å². The Morgan fingerprint density at radius 2 is 1.75 bits per heavy atom. The van der Waals surface area contributed by atoms with Crippen LogP contribution < -0.4 is 4.74 Å². The summed E-state index contributed by atoms with van der Waals surface area (Å²) in [6.07, 6.45) is 0.637. The predicted octanol–water partition coefficient (Wildman–Crippen LogP) is 3.55. The van der Waals surface area contributed by atoms with E-state index >= 15 is 0 Å². The lowest BCUT2D eigenvalue weighted by atomic mass is 10.1. The number of para-hydroxylation sites is 2. The van der Waals surface area contributed by atoms with Gasteiger partial charge in [0.1, 0.15) is 24.3 Å². The Balaban J connectivity index is 1.51. The fourth-order valence-corrected chi connectivity index (χ4v) is 3.53. The Bertz CT molecular complexity index is 1070. The molecule has 0 saturated heterocycles. The first kappa shape index (κ1) is 18.5. The molecule has 0 bridgehead atoms. The summed E-state index contributed by atoms with van der Waals surface area (Å²) in [4.78, 5) is 4.66. The molecule has 5 nitrogen and oxygen atoms in total. The van der Waals surface area contributed by atoms with Gasteiger partial charge in [-0.1, -0.05) is 48.5 Å². The molecule has 28 heavy (non-hydrogen) atoms. The SMILES string of the molecule is OCCCc1nc2ccccc2n1C[C@H](O)COc1cccc2ccccc12. The number of fused-ring (bicyclic) bond motifs is 2. The van der Waals surface area contributed by atoms with Crippen molar-refractivity contribution in [1.29, 1.82) is 0 Å². The fraction of sp³-hybridized carbons (Fsp3) is 0.261. The van der Waals surface area contributed by atoms with Gasteiger partial charge < -0.3 is 19.5 Å². The highest BCUT2D eigenvalue weighted by Gasteiger charge is 2.15. The topological polar surface area (TPSA) is 67.5 Å². The molecule has 5 heteroatoms. The van der Waals surface area contributed by atoms with Crippen LogP contribution in [0, 0.1) is 0 Å². The number of hydrogen-bond donors (Lipinski definition) is 2. The van der Waals surface area contributed by atoms with E-state index in [0.29, 0.717) is 19.4 Å². The number of rotatable bonds is 8. The molecular weight excluding hydrogens is 352 g/mol. The summed E-state index contributed by atoms with van der Waals surface area (Å²) in [5.74, 6) is 1.65. The van der Waals surface area contributed by atoms with E-state index in [1.54, 1.807) is 0 Å². The lowest BCUT2D eigenvalue weighted by Gasteiger charge is -2.16. The van der Waals surface area contributed by atoms with Crippen LogP contribution in [0.25, 0.3) is 21.8 Å². The first-order valence-corrected chi connectivity index (χ1v) is 9.60. The van der Waals surface area contributed by atoms with E-state index in [1.807, 2.05) is 71.3 Å². The third-order valence-electron chi connectivity index (χ3n) is 4.87. The number of nitrogens with zero attached hydrogens (tertiary/aromatic N) is 2. The summed E-state index contributed by atoms with van der Waals surface area (Å²) >= 11 is 0. The molecule has 1 atom stereocenters. The number of aromatic nitrogens is 2. The van der Waals surface area contributed by atoms with Crippen LogP contribution in [-0.4, -0.2) is 39.1 Å². The molecule has 2 N–H and O–H groups in total. The number of benzene rings is 3. The van der Waals surface area contributed by atoms with Crippen LogP contribution in [0.3, 0.4) is 0 Å². The standard InChI is InChI=1S/C23H24N2O3/c26-14-6-13-23-24-20-10-3-4-11-21(20)25(23)15-18(27)16-28-22-12-5-8-17-7-1-2-9-19(17)22/h1-5,7-12,18,26-27H,6,13-16H2/t18-/m0/s1. The van der Waals surface area contributed by atoms with Crippen molar-refractivity contribution in [2.45, 2.75) is 25.5 Å². The highest BCUT2D eigenvalue weighted by Crippen LogP contribution is 2.25. The van der Waals surface area contributed by atoms with Crippen molar-refractivity contribution in [2.24, 2.45) is 0 Å². The lowest BCUT2D eigenvalue weighted by Crippen LogP contribution is -2.24. The Kier molecular flexibility index (Phi) is 5.55. The Morgan fingerprint density at radius 1 is 0.964 bits per heavy atom. The Labute approximate surface area is 163 Å². The quantitative estimate of drug-likeness (QED) is 0.493. The molecule has 1 heterocycles. The minimum absolute atomic E-state index is 0.121. The molecule has 144 valence electrons. The molecule has 0 amide bonds. The van der Waals surface area contributed by atoms with E-state index < -0.39 is 6.10 Å². The lowest BCUT2D eigenvalue weighted by molar-refractivity contribution is 0.0934. The van der Waals surface area contributed by atoms with Gasteiger partial charge in [0.05, 0.1) is 17.6 Å². The minimum atomic E-state index is -0.676. The molecule has 0 fully saturated rings. The maximum absolute atomic E-state index is 10.6. The Hall–Kier alpha value is -2.89. The summed E-state index contributed by atoms with van der Waals surface area (Å²) < 4.78 is 7.97. The van der Waals surface area contributed by atoms with Crippen LogP contribution in [0.5, 0.6) is 5.75 Å². The predicted molar refractivity (Wildman–Crippen MR) is 111 cm³/mol. The van der Waals surface area contributed by atoms with E-state index in [9.17, 15) is 5.11 Å². The van der Waals surface area contributed by atoms with Crippen LogP contribution in [0.15, 0.2) is 66.7 Å². The molecule has 4 aromatic rings. The summed E-state index contributed by atoms with van der Waals surface area (Å²) in [5, 5.41) is 22.0. The van der Waals surface area contributed by atoms with Crippen molar-refractivity contribution >= 4 is 21.8 Å². The average Bonchev–Trinajstić information content (AvgIpc) is 3.08. The van der Waals surface area contributed by atoms with Gasteiger partial charge in [0.15, 0.2) is 0 Å². The molecule has 0 unspecified atom stereocenters. The van der Waals surface area contributed by atoms with Gasteiger partial charge in [0.2, 0.25) is 0 Å². The zero-order valence-electron chi connectivity index (χ0n) is 15.7. The van der Waals surface area contributed by atoms with Gasteiger partial charge >= 0.3 is 0 Å². The monoisotopic (exact) mass is 376 g/mol. The molecule has 0 aliphatic rings. The fourth-order valence-electron chi connectivity index (χ4n) is 3.53. The smallest absolute Gasteiger partial charge is 0.127 e. The second kappa shape index (κ2) is 8.42. The Morgan fingerprint density at radius 3 is 2.64 bits per heavy atom. The van der Waals surface area contributed by atoms with Gasteiger partial charge in [-0.15, -0.1) is 0 Å². The number of aliphatic hydroxyl groups is 2. The molecule has 1 aromatic heterocycles. The van der Waals surface area contributed by atoms with Crippen molar-refractivity contribution in [3.05, 3.63) is 72.6 Å². The van der Waals surface area contributed by atoms with Crippen LogP contribution in [0.2, 0.25) is 0 Å². The van der Waals surface area contributed by atoms with E-state index in [4.69, 9.17) is 9.84 Å². The zero-order chi connectivity index (χ0) is 19.3. The molecule has 0 aliphatic heterocycles. The normalized spacial score (nSPS) is 12.5. The maximum atomic E-state index is 10.6. The van der Waals surface area contributed by atoms with Gasteiger partial charge in [-0.05, 0) is 30.0 Å². The summed E-state index contributed by atoms with van der Waals surface area (Å²) in [5.41, 5.74) is 1.89. The van der Waals surface area contributed by atoms with Gasteiger partial charge in [-0.25, -0.2) is 4.98 Å². The van der Waals surface area contributed by atoms with E-state index in [0.717, 1.165) is 33.4 Å². The van der Waals surface area contributed by atoms with Gasteiger partial charge in [0.25, 0.3) is 0 Å². The summed E-state index contributed by atoms with van der Waals surface area (Å²) in [6.45, 7) is 0.710. The van der Waals surface area contributed by atoms with Crippen molar-refractivity contribution in [1.82, 2.24) is 9.55 Å². The highest BCUT2D eigenvalue weighted by molar-refractivity contribution is 5.88. The van der Waals surface area contributed by atoms with Gasteiger partial charge in [-0.2, -0.15) is 0 Å². The van der Waals surface area contributed by atoms with Crippen LogP contribution in [-0.2, 0) is 13.0 Å². The number of hydrogen-bond acceptors (Lipinski definition) is 4. The molecule has 0 saturated carbocycles. The third-order valence-corrected chi connectivity index (χ3v) is 4.87. The minimum Gasteiger partial charge on any atom is -0.490 e. The summed E-state index contributed by atoms with van der Waals surface area (Å²) in [6, 6.07) is 21.9. The van der Waals surface area contributed by atoms with Crippen molar-refractivity contribution in [3.63, 3.8) is 0 Å². The van der Waals surface area contributed by atoms with Gasteiger partial charge in [-0.3, -0.25) is 0 Å². The van der Waals surface area contributed by atoms with E-state index in [1.165, 1.54) is 0 Å². The van der Waals surface area contributed by atoms with Crippen LogP contribution in [0.1, 0.15) is 12.2 Å². The van der Waals surface area contributed by atoms with E-state index in [2.05, 4.69) is 4.98 Å². The zero-order valence-corrected chi connectivity index (χ0v) is 15.7. The number of ether oxygens (including phenoxy) is 1. The third kappa shape index (κ3) is 3.86. The molecule has 0 radical (unpaired) electrons. The van der Waals surface area contributed by atoms with Crippen molar-refractivity contribution in [3.8, 4) is 5.75 Å². The number of aryl methyl sites for hydroxylation is 1. The highest BCUT2D eigenvalue weighted by atomic mass is 16.5. The largest absolute Gasteiger partial charge is 0.490 e. The number of aliphatic hydroxyl groups excluding tert-OH is 2. The van der Waals surface area contributed by atoms with Crippen LogP contribution in [0.4, 0.5) is 0 Å². The maximum Gasteiger partial charge on any atom is 0.127 e. The van der Waals surface area contributed by atoms with Crippen molar-refractivity contribution < 1.29 is 14.9 Å².